The maximum absolute atomic E-state index is 11.8. The number of halogens is 1. The number of carbonyl (C=O) groups is 1. The van der Waals surface area contributed by atoms with Crippen LogP contribution in [0, 0.1) is 11.8 Å². The molecule has 0 aromatic heterocycles. The normalized spacial score (nSPS) is 9.65. The first-order valence-electron chi connectivity index (χ1n) is 6.91. The Morgan fingerprint density at radius 3 is 2.70 bits per heavy atom. The van der Waals surface area contributed by atoms with Crippen molar-refractivity contribution in [3.63, 3.8) is 0 Å². The first-order valence-corrected chi connectivity index (χ1v) is 8.03. The van der Waals surface area contributed by atoms with E-state index in [1.165, 1.54) is 0 Å². The van der Waals surface area contributed by atoms with Gasteiger partial charge in [-0.05, 0) is 48.9 Å². The SMILES string of the molecule is CC#CCOc1ccc(SOC(=O)Cc2cccc(Cl)c2)cc1. The van der Waals surface area contributed by atoms with Crippen molar-refractivity contribution in [3.05, 3.63) is 59.1 Å². The molecule has 3 nitrogen and oxygen atoms in total. The molecule has 0 saturated carbocycles. The molecule has 0 N–H and O–H groups in total. The van der Waals surface area contributed by atoms with E-state index in [1.54, 1.807) is 25.1 Å². The van der Waals surface area contributed by atoms with Crippen molar-refractivity contribution in [2.24, 2.45) is 0 Å². The van der Waals surface area contributed by atoms with Crippen LogP contribution in [-0.4, -0.2) is 12.6 Å². The van der Waals surface area contributed by atoms with Crippen LogP contribution in [0.15, 0.2) is 53.4 Å². The standard InChI is InChI=1S/C18H15ClO3S/c1-2-3-11-21-16-7-9-17(10-8-16)23-22-18(20)13-14-5-4-6-15(19)12-14/h4-10,12H,11,13H2,1H3. The minimum Gasteiger partial charge on any atom is -0.481 e. The maximum atomic E-state index is 11.8. The lowest BCUT2D eigenvalue weighted by Crippen LogP contribution is -2.03. The van der Waals surface area contributed by atoms with Crippen molar-refractivity contribution < 1.29 is 13.7 Å². The van der Waals surface area contributed by atoms with Gasteiger partial charge >= 0.3 is 5.97 Å². The molecule has 118 valence electrons. The third-order valence-electron chi connectivity index (χ3n) is 2.78. The van der Waals surface area contributed by atoms with Crippen LogP contribution in [-0.2, 0) is 15.4 Å². The molecule has 0 aliphatic carbocycles. The number of hydrogen-bond donors (Lipinski definition) is 0. The topological polar surface area (TPSA) is 35.5 Å². The highest BCUT2D eigenvalue weighted by molar-refractivity contribution is 7.95. The molecule has 0 aliphatic heterocycles. The lowest BCUT2D eigenvalue weighted by molar-refractivity contribution is -0.132. The Bertz CT molecular complexity index is 717. The summed E-state index contributed by atoms with van der Waals surface area (Å²) in [5.74, 6) is 5.98. The van der Waals surface area contributed by atoms with Crippen LogP contribution < -0.4 is 4.74 Å². The van der Waals surface area contributed by atoms with Crippen LogP contribution in [0.25, 0.3) is 0 Å². The summed E-state index contributed by atoms with van der Waals surface area (Å²) >= 11 is 6.91. The fraction of sp³-hybridized carbons (Fsp3) is 0.167. The molecule has 2 rings (SSSR count). The van der Waals surface area contributed by atoms with Gasteiger partial charge in [-0.2, -0.15) is 0 Å². The Balaban J connectivity index is 1.80. The zero-order valence-corrected chi connectivity index (χ0v) is 14.1. The predicted octanol–water partition coefficient (Wildman–Crippen LogP) is 4.54. The van der Waals surface area contributed by atoms with E-state index in [1.807, 2.05) is 30.3 Å². The molecule has 0 fully saturated rings. The van der Waals surface area contributed by atoms with Gasteiger partial charge in [-0.1, -0.05) is 29.7 Å². The van der Waals surface area contributed by atoms with Crippen LogP contribution in [0.1, 0.15) is 12.5 Å². The molecule has 2 aromatic carbocycles. The van der Waals surface area contributed by atoms with E-state index in [0.717, 1.165) is 28.3 Å². The Hall–Kier alpha value is -2.09. The van der Waals surface area contributed by atoms with Crippen molar-refractivity contribution in [3.8, 4) is 17.6 Å². The first kappa shape index (κ1) is 17.3. The quantitative estimate of drug-likeness (QED) is 0.568. The highest BCUT2D eigenvalue weighted by atomic mass is 35.5. The fourth-order valence-electron chi connectivity index (χ4n) is 1.72. The molecule has 0 heterocycles. The molecule has 0 spiro atoms. The highest BCUT2D eigenvalue weighted by Crippen LogP contribution is 2.23. The van der Waals surface area contributed by atoms with E-state index in [0.29, 0.717) is 11.6 Å². The van der Waals surface area contributed by atoms with Crippen molar-refractivity contribution >= 4 is 29.6 Å². The van der Waals surface area contributed by atoms with Gasteiger partial charge in [0.2, 0.25) is 0 Å². The van der Waals surface area contributed by atoms with Crippen LogP contribution in [0.5, 0.6) is 5.75 Å². The van der Waals surface area contributed by atoms with Gasteiger partial charge in [0, 0.05) is 9.92 Å². The van der Waals surface area contributed by atoms with Gasteiger partial charge in [0.25, 0.3) is 0 Å². The summed E-state index contributed by atoms with van der Waals surface area (Å²) in [6.45, 7) is 2.12. The van der Waals surface area contributed by atoms with E-state index >= 15 is 0 Å². The van der Waals surface area contributed by atoms with Crippen molar-refractivity contribution in [1.29, 1.82) is 0 Å². The lowest BCUT2D eigenvalue weighted by atomic mass is 10.2. The lowest BCUT2D eigenvalue weighted by Gasteiger charge is -2.05. The molecule has 5 heteroatoms. The summed E-state index contributed by atoms with van der Waals surface area (Å²) in [6, 6.07) is 14.4. The molecule has 0 atom stereocenters. The second-order valence-corrected chi connectivity index (χ2v) is 5.77. The van der Waals surface area contributed by atoms with Crippen LogP contribution in [0.2, 0.25) is 5.02 Å². The minimum absolute atomic E-state index is 0.185. The summed E-state index contributed by atoms with van der Waals surface area (Å²) in [6.07, 6.45) is 0.185. The smallest absolute Gasteiger partial charge is 0.322 e. The average Bonchev–Trinajstić information content (AvgIpc) is 2.54. The summed E-state index contributed by atoms with van der Waals surface area (Å²) in [7, 11) is 0. The maximum Gasteiger partial charge on any atom is 0.322 e. The van der Waals surface area contributed by atoms with Crippen molar-refractivity contribution in [2.75, 3.05) is 6.61 Å². The number of benzene rings is 2. The molecule has 0 radical (unpaired) electrons. The Kier molecular flexibility index (Phi) is 6.86. The van der Waals surface area contributed by atoms with Crippen LogP contribution in [0.4, 0.5) is 0 Å². The van der Waals surface area contributed by atoms with Gasteiger partial charge in [-0.15, -0.1) is 5.92 Å². The molecule has 0 unspecified atom stereocenters. The third-order valence-corrected chi connectivity index (χ3v) is 3.75. The molecule has 0 aliphatic rings. The number of ether oxygens (including phenoxy) is 1. The Morgan fingerprint density at radius 2 is 2.00 bits per heavy atom. The van der Waals surface area contributed by atoms with Crippen LogP contribution >= 0.6 is 23.6 Å². The number of hydrogen-bond acceptors (Lipinski definition) is 4. The van der Waals surface area contributed by atoms with Gasteiger partial charge in [-0.3, -0.25) is 4.79 Å². The number of rotatable bonds is 6. The molecule has 0 amide bonds. The molecular weight excluding hydrogens is 332 g/mol. The molecule has 0 bridgehead atoms. The number of carbonyl (C=O) groups excluding carboxylic acids is 1. The third kappa shape index (κ3) is 6.27. The van der Waals surface area contributed by atoms with Crippen molar-refractivity contribution in [1.82, 2.24) is 0 Å². The summed E-state index contributed by atoms with van der Waals surface area (Å²) in [5, 5.41) is 0.603. The minimum atomic E-state index is -0.323. The van der Waals surface area contributed by atoms with Crippen LogP contribution in [0.3, 0.4) is 0 Å². The largest absolute Gasteiger partial charge is 0.481 e. The average molecular weight is 347 g/mol. The van der Waals surface area contributed by atoms with Gasteiger partial charge in [0.05, 0.1) is 18.5 Å². The van der Waals surface area contributed by atoms with Gasteiger partial charge in [0.15, 0.2) is 0 Å². The van der Waals surface area contributed by atoms with E-state index in [2.05, 4.69) is 11.8 Å². The van der Waals surface area contributed by atoms with Gasteiger partial charge in [-0.25, -0.2) is 0 Å². The second-order valence-electron chi connectivity index (χ2n) is 4.53. The Morgan fingerprint density at radius 1 is 1.22 bits per heavy atom. The zero-order chi connectivity index (χ0) is 16.5. The highest BCUT2D eigenvalue weighted by Gasteiger charge is 2.07. The molecule has 2 aromatic rings. The molecule has 23 heavy (non-hydrogen) atoms. The van der Waals surface area contributed by atoms with E-state index < -0.39 is 0 Å². The first-order chi connectivity index (χ1) is 11.2. The summed E-state index contributed by atoms with van der Waals surface area (Å²) in [4.78, 5) is 12.6. The van der Waals surface area contributed by atoms with Gasteiger partial charge in [0.1, 0.15) is 12.4 Å². The van der Waals surface area contributed by atoms with Crippen molar-refractivity contribution in [2.45, 2.75) is 18.2 Å². The zero-order valence-electron chi connectivity index (χ0n) is 12.5. The summed E-state index contributed by atoms with van der Waals surface area (Å²) < 4.78 is 10.6. The predicted molar refractivity (Wildman–Crippen MR) is 92.5 cm³/mol. The summed E-state index contributed by atoms with van der Waals surface area (Å²) in [5.41, 5.74) is 0.823. The van der Waals surface area contributed by atoms with Gasteiger partial charge < -0.3 is 8.92 Å². The van der Waals surface area contributed by atoms with E-state index in [4.69, 9.17) is 20.5 Å². The fourth-order valence-corrected chi connectivity index (χ4v) is 2.43. The Labute approximate surface area is 145 Å². The van der Waals surface area contributed by atoms with E-state index in [-0.39, 0.29) is 12.4 Å². The molecule has 0 saturated heterocycles. The second kappa shape index (κ2) is 9.14. The van der Waals surface area contributed by atoms with E-state index in [9.17, 15) is 4.79 Å². The molecular formula is C18H15ClO3S. The monoisotopic (exact) mass is 346 g/mol.